The van der Waals surface area contributed by atoms with Gasteiger partial charge >= 0.3 is 0 Å². The Morgan fingerprint density at radius 3 is 2.17 bits per heavy atom. The van der Waals surface area contributed by atoms with E-state index in [0.717, 1.165) is 19.8 Å². The maximum Gasteiger partial charge on any atom is 0.0613 e. The van der Waals surface area contributed by atoms with Gasteiger partial charge in [-0.25, -0.2) is 0 Å². The van der Waals surface area contributed by atoms with Crippen molar-refractivity contribution in [1.29, 1.82) is 0 Å². The van der Waals surface area contributed by atoms with Crippen LogP contribution in [-0.2, 0) is 9.47 Å². The molecule has 0 fully saturated rings. The lowest BCUT2D eigenvalue weighted by molar-refractivity contribution is 0.145. The Labute approximate surface area is 75.4 Å². The molecule has 0 heterocycles. The van der Waals surface area contributed by atoms with Crippen LogP contribution in [0.3, 0.4) is 0 Å². The summed E-state index contributed by atoms with van der Waals surface area (Å²) in [5.41, 5.74) is 0. The predicted octanol–water partition coefficient (Wildman–Crippen LogP) is 0.893. The highest BCUT2D eigenvalue weighted by atomic mass is 16.5. The van der Waals surface area contributed by atoms with Gasteiger partial charge in [-0.3, -0.25) is 0 Å². The third kappa shape index (κ3) is 6.58. The summed E-state index contributed by atoms with van der Waals surface area (Å²) >= 11 is 0. The van der Waals surface area contributed by atoms with Crippen molar-refractivity contribution < 1.29 is 9.47 Å². The highest BCUT2D eigenvalue weighted by Crippen LogP contribution is 1.93. The molecule has 3 nitrogen and oxygen atoms in total. The average molecular weight is 175 g/mol. The van der Waals surface area contributed by atoms with E-state index in [1.165, 1.54) is 0 Å². The molecule has 0 aromatic heterocycles. The Hall–Kier alpha value is -0.120. The van der Waals surface area contributed by atoms with E-state index in [9.17, 15) is 0 Å². The van der Waals surface area contributed by atoms with Crippen LogP contribution in [0.5, 0.6) is 0 Å². The van der Waals surface area contributed by atoms with Crippen molar-refractivity contribution in [1.82, 2.24) is 5.32 Å². The minimum atomic E-state index is 0.425. The van der Waals surface area contributed by atoms with Crippen molar-refractivity contribution in [3.05, 3.63) is 0 Å². The maximum absolute atomic E-state index is 5.02. The van der Waals surface area contributed by atoms with Crippen molar-refractivity contribution >= 4 is 0 Å². The molecule has 2 atom stereocenters. The molecule has 0 radical (unpaired) electrons. The lowest BCUT2D eigenvalue weighted by Crippen LogP contribution is -2.34. The van der Waals surface area contributed by atoms with E-state index in [2.05, 4.69) is 19.2 Å². The number of ether oxygens (including phenoxy) is 2. The van der Waals surface area contributed by atoms with Gasteiger partial charge in [0.2, 0.25) is 0 Å². The summed E-state index contributed by atoms with van der Waals surface area (Å²) in [6.45, 7) is 6.84. The molecular formula is C9H21NO2. The van der Waals surface area contributed by atoms with Gasteiger partial charge in [0.25, 0.3) is 0 Å². The van der Waals surface area contributed by atoms with Crippen LogP contribution in [0.4, 0.5) is 0 Å². The fourth-order valence-electron chi connectivity index (χ4n) is 1.05. The number of hydrogen-bond acceptors (Lipinski definition) is 3. The molecule has 0 aliphatic heterocycles. The first kappa shape index (κ1) is 11.9. The van der Waals surface area contributed by atoms with Gasteiger partial charge in [-0.05, 0) is 12.8 Å². The molecule has 0 aliphatic carbocycles. The standard InChI is InChI=1S/C9H21NO2/c1-8(6-11-3)5-10-9(2)7-12-4/h8-10H,5-7H2,1-4H3. The summed E-state index contributed by atoms with van der Waals surface area (Å²) in [6, 6.07) is 0.425. The molecule has 0 aromatic rings. The predicted molar refractivity (Wildman–Crippen MR) is 50.4 cm³/mol. The number of methoxy groups -OCH3 is 2. The molecule has 2 unspecified atom stereocenters. The first-order valence-corrected chi connectivity index (χ1v) is 4.42. The van der Waals surface area contributed by atoms with Crippen LogP contribution < -0.4 is 5.32 Å². The van der Waals surface area contributed by atoms with Crippen molar-refractivity contribution in [2.24, 2.45) is 5.92 Å². The monoisotopic (exact) mass is 175 g/mol. The molecular weight excluding hydrogens is 154 g/mol. The normalized spacial score (nSPS) is 16.0. The van der Waals surface area contributed by atoms with E-state index >= 15 is 0 Å². The fourth-order valence-corrected chi connectivity index (χ4v) is 1.05. The molecule has 0 saturated heterocycles. The van der Waals surface area contributed by atoms with Crippen LogP contribution in [0.2, 0.25) is 0 Å². The van der Waals surface area contributed by atoms with E-state index in [0.29, 0.717) is 12.0 Å². The van der Waals surface area contributed by atoms with Crippen molar-refractivity contribution in [2.45, 2.75) is 19.9 Å². The summed E-state index contributed by atoms with van der Waals surface area (Å²) in [5, 5.41) is 3.36. The van der Waals surface area contributed by atoms with Crippen LogP contribution in [0.25, 0.3) is 0 Å². The zero-order chi connectivity index (χ0) is 9.40. The molecule has 74 valence electrons. The van der Waals surface area contributed by atoms with Gasteiger partial charge in [0.05, 0.1) is 6.61 Å². The molecule has 0 aliphatic rings. The molecule has 12 heavy (non-hydrogen) atoms. The number of nitrogens with one attached hydrogen (secondary N) is 1. The van der Waals surface area contributed by atoms with Gasteiger partial charge in [-0.2, -0.15) is 0 Å². The first-order valence-electron chi connectivity index (χ1n) is 4.42. The lowest BCUT2D eigenvalue weighted by Gasteiger charge is -2.16. The van der Waals surface area contributed by atoms with Crippen molar-refractivity contribution in [2.75, 3.05) is 34.0 Å². The highest BCUT2D eigenvalue weighted by Gasteiger charge is 2.04. The summed E-state index contributed by atoms with van der Waals surface area (Å²) in [7, 11) is 3.45. The van der Waals surface area contributed by atoms with Gasteiger partial charge in [0, 0.05) is 33.4 Å². The van der Waals surface area contributed by atoms with Crippen molar-refractivity contribution in [3.63, 3.8) is 0 Å². The van der Waals surface area contributed by atoms with E-state index in [-0.39, 0.29) is 0 Å². The maximum atomic E-state index is 5.02. The molecule has 0 saturated carbocycles. The van der Waals surface area contributed by atoms with Crippen LogP contribution in [-0.4, -0.2) is 40.0 Å². The first-order chi connectivity index (χ1) is 5.70. The van der Waals surface area contributed by atoms with Crippen LogP contribution in [0.1, 0.15) is 13.8 Å². The minimum absolute atomic E-state index is 0.425. The zero-order valence-corrected chi connectivity index (χ0v) is 8.59. The van der Waals surface area contributed by atoms with Gasteiger partial charge in [0.1, 0.15) is 0 Å². The molecule has 0 spiro atoms. The Morgan fingerprint density at radius 2 is 1.67 bits per heavy atom. The number of hydrogen-bond donors (Lipinski definition) is 1. The third-order valence-corrected chi connectivity index (χ3v) is 1.68. The quantitative estimate of drug-likeness (QED) is 0.623. The minimum Gasteiger partial charge on any atom is -0.384 e. The summed E-state index contributed by atoms with van der Waals surface area (Å²) in [5.74, 6) is 0.564. The molecule has 0 amide bonds. The smallest absolute Gasteiger partial charge is 0.0613 e. The molecule has 0 aromatic carbocycles. The zero-order valence-electron chi connectivity index (χ0n) is 8.59. The van der Waals surface area contributed by atoms with Crippen LogP contribution in [0, 0.1) is 5.92 Å². The van der Waals surface area contributed by atoms with Gasteiger partial charge in [0.15, 0.2) is 0 Å². The second-order valence-corrected chi connectivity index (χ2v) is 3.33. The van der Waals surface area contributed by atoms with Crippen LogP contribution >= 0.6 is 0 Å². The summed E-state index contributed by atoms with van der Waals surface area (Å²) in [4.78, 5) is 0. The highest BCUT2D eigenvalue weighted by molar-refractivity contribution is 4.62. The van der Waals surface area contributed by atoms with E-state index in [4.69, 9.17) is 9.47 Å². The fraction of sp³-hybridized carbons (Fsp3) is 1.00. The molecule has 0 bridgehead atoms. The summed E-state index contributed by atoms with van der Waals surface area (Å²) < 4.78 is 10.0. The molecule has 0 rings (SSSR count). The van der Waals surface area contributed by atoms with Gasteiger partial charge in [-0.1, -0.05) is 6.92 Å². The van der Waals surface area contributed by atoms with Crippen LogP contribution in [0.15, 0.2) is 0 Å². The Balaban J connectivity index is 3.27. The second kappa shape index (κ2) is 7.53. The lowest BCUT2D eigenvalue weighted by atomic mass is 10.2. The third-order valence-electron chi connectivity index (χ3n) is 1.68. The Morgan fingerprint density at radius 1 is 1.08 bits per heavy atom. The number of rotatable bonds is 7. The largest absolute Gasteiger partial charge is 0.384 e. The van der Waals surface area contributed by atoms with Crippen molar-refractivity contribution in [3.8, 4) is 0 Å². The van der Waals surface area contributed by atoms with Gasteiger partial charge < -0.3 is 14.8 Å². The SMILES string of the molecule is COCC(C)CNC(C)COC. The van der Waals surface area contributed by atoms with E-state index < -0.39 is 0 Å². The molecule has 1 N–H and O–H groups in total. The Kier molecular flexibility index (Phi) is 7.45. The van der Waals surface area contributed by atoms with E-state index in [1.54, 1.807) is 14.2 Å². The topological polar surface area (TPSA) is 30.5 Å². The second-order valence-electron chi connectivity index (χ2n) is 3.33. The van der Waals surface area contributed by atoms with Gasteiger partial charge in [-0.15, -0.1) is 0 Å². The average Bonchev–Trinajstić information content (AvgIpc) is 2.02. The summed E-state index contributed by atoms with van der Waals surface area (Å²) in [6.07, 6.45) is 0. The van der Waals surface area contributed by atoms with E-state index in [1.807, 2.05) is 0 Å². The molecule has 3 heteroatoms. The Bertz CT molecular complexity index is 86.5.